The van der Waals surface area contributed by atoms with Crippen LogP contribution in [0.1, 0.15) is 48.0 Å². The van der Waals surface area contributed by atoms with Gasteiger partial charge in [-0.05, 0) is 37.0 Å². The van der Waals surface area contributed by atoms with E-state index in [0.717, 1.165) is 31.2 Å². The van der Waals surface area contributed by atoms with Crippen molar-refractivity contribution in [2.45, 2.75) is 38.1 Å². The molecule has 1 aromatic carbocycles. The fourth-order valence-corrected chi connectivity index (χ4v) is 2.68. The van der Waals surface area contributed by atoms with E-state index in [2.05, 4.69) is 5.32 Å². The molecule has 1 amide bonds. The van der Waals surface area contributed by atoms with Crippen LogP contribution >= 0.6 is 0 Å². The zero-order chi connectivity index (χ0) is 16.7. The number of ether oxygens (including phenoxy) is 2. The highest BCUT2D eigenvalue weighted by Crippen LogP contribution is 2.20. The van der Waals surface area contributed by atoms with Crippen molar-refractivity contribution in [2.24, 2.45) is 0 Å². The van der Waals surface area contributed by atoms with Gasteiger partial charge in [0.25, 0.3) is 0 Å². The lowest BCUT2D eigenvalue weighted by molar-refractivity contribution is -0.121. The van der Waals surface area contributed by atoms with Crippen LogP contribution in [0.25, 0.3) is 6.08 Å². The minimum Gasteiger partial charge on any atom is -0.497 e. The van der Waals surface area contributed by atoms with Gasteiger partial charge in [0.1, 0.15) is 5.75 Å². The van der Waals surface area contributed by atoms with Gasteiger partial charge >= 0.3 is 5.97 Å². The Bertz CT molecular complexity index is 595. The molecule has 1 aromatic rings. The fraction of sp³-hybridized carbons (Fsp3) is 0.444. The van der Waals surface area contributed by atoms with E-state index < -0.39 is 5.97 Å². The molecule has 1 heterocycles. The number of esters is 1. The number of nitrogens with one attached hydrogen (secondary N) is 1. The molecule has 124 valence electrons. The molecule has 0 aromatic heterocycles. The Morgan fingerprint density at radius 3 is 2.91 bits per heavy atom. The first-order valence-corrected chi connectivity index (χ1v) is 7.86. The maximum atomic E-state index is 11.9. The molecule has 0 bridgehead atoms. The van der Waals surface area contributed by atoms with Crippen LogP contribution in [-0.2, 0) is 9.53 Å². The van der Waals surface area contributed by atoms with Crippen LogP contribution in [0.4, 0.5) is 0 Å². The van der Waals surface area contributed by atoms with Gasteiger partial charge in [0.2, 0.25) is 5.91 Å². The first-order chi connectivity index (χ1) is 11.1. The maximum Gasteiger partial charge on any atom is 0.338 e. The monoisotopic (exact) mass is 317 g/mol. The smallest absolute Gasteiger partial charge is 0.338 e. The quantitative estimate of drug-likeness (QED) is 0.848. The molecule has 1 saturated heterocycles. The van der Waals surface area contributed by atoms with Gasteiger partial charge in [-0.2, -0.15) is 0 Å². The van der Waals surface area contributed by atoms with Crippen molar-refractivity contribution in [1.29, 1.82) is 0 Å². The number of carbonyl (C=O) groups is 2. The third kappa shape index (κ3) is 4.84. The third-order valence-corrected chi connectivity index (χ3v) is 3.96. The van der Waals surface area contributed by atoms with Gasteiger partial charge in [-0.1, -0.05) is 24.6 Å². The van der Waals surface area contributed by atoms with Gasteiger partial charge in [-0.15, -0.1) is 0 Å². The van der Waals surface area contributed by atoms with E-state index in [9.17, 15) is 9.59 Å². The lowest BCUT2D eigenvalue weighted by atomic mass is 10.0. The average Bonchev–Trinajstić information content (AvgIpc) is 2.78. The van der Waals surface area contributed by atoms with Gasteiger partial charge in [0.15, 0.2) is 0 Å². The summed E-state index contributed by atoms with van der Waals surface area (Å²) in [7, 11) is 2.91. The number of benzene rings is 1. The molecule has 1 aliphatic heterocycles. The topological polar surface area (TPSA) is 64.6 Å². The van der Waals surface area contributed by atoms with Crippen LogP contribution in [0.2, 0.25) is 0 Å². The summed E-state index contributed by atoms with van der Waals surface area (Å²) in [5.74, 6) is 0.338. The van der Waals surface area contributed by atoms with Crippen molar-refractivity contribution in [3.63, 3.8) is 0 Å². The predicted molar refractivity (Wildman–Crippen MR) is 88.4 cm³/mol. The Labute approximate surface area is 136 Å². The van der Waals surface area contributed by atoms with Crippen molar-refractivity contribution in [2.75, 3.05) is 14.2 Å². The molecular weight excluding hydrogens is 294 g/mol. The van der Waals surface area contributed by atoms with Crippen LogP contribution in [0.5, 0.6) is 5.75 Å². The van der Waals surface area contributed by atoms with E-state index in [0.29, 0.717) is 17.7 Å². The van der Waals surface area contributed by atoms with E-state index in [1.165, 1.54) is 7.11 Å². The van der Waals surface area contributed by atoms with Crippen molar-refractivity contribution in [3.8, 4) is 5.75 Å². The minimum absolute atomic E-state index is 0.126. The first-order valence-electron chi connectivity index (χ1n) is 7.86. The van der Waals surface area contributed by atoms with Crippen molar-refractivity contribution < 1.29 is 19.1 Å². The molecule has 0 saturated carbocycles. The highest BCUT2D eigenvalue weighted by molar-refractivity contribution is 5.94. The van der Waals surface area contributed by atoms with E-state index in [1.807, 2.05) is 18.2 Å². The van der Waals surface area contributed by atoms with Crippen LogP contribution in [0.3, 0.4) is 0 Å². The second-order valence-electron chi connectivity index (χ2n) is 5.59. The van der Waals surface area contributed by atoms with E-state index in [4.69, 9.17) is 9.47 Å². The highest BCUT2D eigenvalue weighted by atomic mass is 16.5. The Kier molecular flexibility index (Phi) is 6.20. The molecule has 1 fully saturated rings. The fourth-order valence-electron chi connectivity index (χ4n) is 2.68. The lowest BCUT2D eigenvalue weighted by Crippen LogP contribution is -2.32. The first kappa shape index (κ1) is 17.1. The number of rotatable bonds is 5. The molecule has 5 nitrogen and oxygen atoms in total. The Hall–Kier alpha value is -2.30. The highest BCUT2D eigenvalue weighted by Gasteiger charge is 2.15. The number of amides is 1. The minimum atomic E-state index is -0.397. The number of methoxy groups -OCH3 is 2. The SMILES string of the molecule is COC(=O)c1cc(OC)ccc1/C=C/CC1CCCCC(=O)N1. The summed E-state index contributed by atoms with van der Waals surface area (Å²) in [4.78, 5) is 23.5. The average molecular weight is 317 g/mol. The lowest BCUT2D eigenvalue weighted by Gasteiger charge is -2.13. The number of hydrogen-bond donors (Lipinski definition) is 1. The van der Waals surface area contributed by atoms with Crippen molar-refractivity contribution in [1.82, 2.24) is 5.32 Å². The van der Waals surface area contributed by atoms with E-state index in [1.54, 1.807) is 19.2 Å². The summed E-state index contributed by atoms with van der Waals surface area (Å²) in [6, 6.07) is 5.47. The van der Waals surface area contributed by atoms with Crippen molar-refractivity contribution in [3.05, 3.63) is 35.4 Å². The van der Waals surface area contributed by atoms with Crippen LogP contribution < -0.4 is 10.1 Å². The number of carbonyl (C=O) groups excluding carboxylic acids is 2. The van der Waals surface area contributed by atoms with Crippen LogP contribution in [-0.4, -0.2) is 32.1 Å². The van der Waals surface area contributed by atoms with Gasteiger partial charge in [0, 0.05) is 12.5 Å². The second kappa shape index (κ2) is 8.36. The molecule has 0 spiro atoms. The summed E-state index contributed by atoms with van der Waals surface area (Å²) in [6.45, 7) is 0. The Morgan fingerprint density at radius 2 is 2.17 bits per heavy atom. The molecule has 1 aliphatic rings. The molecular formula is C18H23NO4. The summed E-state index contributed by atoms with van der Waals surface area (Å²) >= 11 is 0. The van der Waals surface area contributed by atoms with Crippen LogP contribution in [0.15, 0.2) is 24.3 Å². The summed E-state index contributed by atoms with van der Waals surface area (Å²) in [5, 5.41) is 3.03. The molecule has 1 atom stereocenters. The normalized spacial score (nSPS) is 18.3. The maximum absolute atomic E-state index is 11.9. The zero-order valence-corrected chi connectivity index (χ0v) is 13.6. The zero-order valence-electron chi connectivity index (χ0n) is 13.6. The standard InChI is InChI=1S/C18H23NO4/c1-22-15-11-10-13(16(12-15)18(21)23-2)6-5-8-14-7-3-4-9-17(20)19-14/h5-6,10-12,14H,3-4,7-9H2,1-2H3,(H,19,20)/b6-5+. The van der Waals surface area contributed by atoms with Crippen molar-refractivity contribution >= 4 is 18.0 Å². The molecule has 23 heavy (non-hydrogen) atoms. The predicted octanol–water partition coefficient (Wildman–Crippen LogP) is 2.94. The largest absolute Gasteiger partial charge is 0.497 e. The second-order valence-corrected chi connectivity index (χ2v) is 5.59. The summed E-state index contributed by atoms with van der Waals surface area (Å²) in [5.41, 5.74) is 1.24. The molecule has 0 aliphatic carbocycles. The summed E-state index contributed by atoms with van der Waals surface area (Å²) < 4.78 is 9.97. The van der Waals surface area contributed by atoms with Gasteiger partial charge in [0.05, 0.1) is 19.8 Å². The molecule has 5 heteroatoms. The molecule has 0 radical (unpaired) electrons. The third-order valence-electron chi connectivity index (χ3n) is 3.96. The van der Waals surface area contributed by atoms with E-state index in [-0.39, 0.29) is 11.9 Å². The Morgan fingerprint density at radius 1 is 1.35 bits per heavy atom. The molecule has 1 N–H and O–H groups in total. The Balaban J connectivity index is 2.09. The van der Waals surface area contributed by atoms with E-state index >= 15 is 0 Å². The van der Waals surface area contributed by atoms with Gasteiger partial charge in [-0.25, -0.2) is 4.79 Å². The van der Waals surface area contributed by atoms with Gasteiger partial charge in [-0.3, -0.25) is 4.79 Å². The molecule has 2 rings (SSSR count). The van der Waals surface area contributed by atoms with Gasteiger partial charge < -0.3 is 14.8 Å². The summed E-state index contributed by atoms with van der Waals surface area (Å²) in [6.07, 6.45) is 8.25. The molecule has 1 unspecified atom stereocenters. The van der Waals surface area contributed by atoms with Crippen LogP contribution in [0, 0.1) is 0 Å². The number of hydrogen-bond acceptors (Lipinski definition) is 4.